The number of thioether (sulfide) groups is 1. The number of aromatic nitrogens is 1. The normalized spacial score (nSPS) is 22.7. The van der Waals surface area contributed by atoms with Gasteiger partial charge in [0.2, 0.25) is 0 Å². The summed E-state index contributed by atoms with van der Waals surface area (Å²) >= 11 is 9.66. The van der Waals surface area contributed by atoms with Crippen LogP contribution in [0.4, 0.5) is 5.13 Å². The van der Waals surface area contributed by atoms with E-state index in [1.807, 2.05) is 18.7 Å². The molecule has 2 nitrogen and oxygen atoms in total. The molecule has 1 aromatic rings. The van der Waals surface area contributed by atoms with Crippen LogP contribution in [0.3, 0.4) is 0 Å². The molecule has 2 rings (SSSR count). The maximum Gasteiger partial charge on any atom is 0.185 e. The topological polar surface area (TPSA) is 16.1 Å². The van der Waals surface area contributed by atoms with E-state index in [2.05, 4.69) is 15.3 Å². The van der Waals surface area contributed by atoms with Crippen LogP contribution in [-0.4, -0.2) is 35.0 Å². The van der Waals surface area contributed by atoms with Gasteiger partial charge in [-0.3, -0.25) is 0 Å². The molecule has 1 aliphatic rings. The number of aryl methyl sites for hydroxylation is 1. The Morgan fingerprint density at radius 1 is 1.71 bits per heavy atom. The molecule has 0 aromatic carbocycles. The number of hydrogen-bond donors (Lipinski definition) is 0. The van der Waals surface area contributed by atoms with Gasteiger partial charge in [-0.1, -0.05) is 0 Å². The summed E-state index contributed by atoms with van der Waals surface area (Å²) in [4.78, 5) is 6.86. The van der Waals surface area contributed by atoms with Crippen molar-refractivity contribution < 1.29 is 0 Å². The van der Waals surface area contributed by atoms with Gasteiger partial charge in [0, 0.05) is 29.3 Å². The van der Waals surface area contributed by atoms with Crippen molar-refractivity contribution in [2.45, 2.75) is 13.0 Å². The molecule has 1 aromatic heterocycles. The lowest BCUT2D eigenvalue weighted by Crippen LogP contribution is -2.43. The number of alkyl halides is 1. The van der Waals surface area contributed by atoms with Gasteiger partial charge in [0.05, 0.1) is 11.7 Å². The Balaban J connectivity index is 2.14. The number of hydrogen-bond acceptors (Lipinski definition) is 4. The summed E-state index contributed by atoms with van der Waals surface area (Å²) in [5.41, 5.74) is 1.11. The van der Waals surface area contributed by atoms with Crippen molar-refractivity contribution >= 4 is 39.8 Å². The van der Waals surface area contributed by atoms with E-state index in [1.165, 1.54) is 5.75 Å². The predicted molar refractivity (Wildman–Crippen MR) is 66.0 cm³/mol. The molecule has 0 amide bonds. The minimum absolute atomic E-state index is 0.459. The molecule has 5 heteroatoms. The zero-order chi connectivity index (χ0) is 9.97. The molecule has 1 atom stereocenters. The molecule has 0 aliphatic carbocycles. The molecule has 0 N–H and O–H groups in total. The summed E-state index contributed by atoms with van der Waals surface area (Å²) in [7, 11) is 0. The maximum absolute atomic E-state index is 5.95. The zero-order valence-electron chi connectivity index (χ0n) is 8.07. The van der Waals surface area contributed by atoms with Crippen LogP contribution in [0.25, 0.3) is 0 Å². The highest BCUT2D eigenvalue weighted by Crippen LogP contribution is 2.27. The molecule has 0 bridgehead atoms. The first-order chi connectivity index (χ1) is 6.81. The Morgan fingerprint density at radius 2 is 2.57 bits per heavy atom. The van der Waals surface area contributed by atoms with E-state index in [0.29, 0.717) is 11.9 Å². The van der Waals surface area contributed by atoms with Crippen LogP contribution < -0.4 is 4.90 Å². The van der Waals surface area contributed by atoms with Crippen LogP contribution >= 0.6 is 34.7 Å². The quantitative estimate of drug-likeness (QED) is 0.749. The van der Waals surface area contributed by atoms with Crippen molar-refractivity contribution in [3.63, 3.8) is 0 Å². The van der Waals surface area contributed by atoms with Gasteiger partial charge in [0.15, 0.2) is 5.13 Å². The fraction of sp³-hybridized carbons (Fsp3) is 0.667. The number of halogens is 1. The number of rotatable bonds is 2. The molecule has 1 saturated heterocycles. The van der Waals surface area contributed by atoms with Gasteiger partial charge < -0.3 is 4.90 Å². The van der Waals surface area contributed by atoms with E-state index in [0.717, 1.165) is 23.1 Å². The lowest BCUT2D eigenvalue weighted by Gasteiger charge is -2.33. The SMILES string of the molecule is Cc1csc(N2CCSCC2CCl)n1. The fourth-order valence-electron chi connectivity index (χ4n) is 1.51. The number of nitrogens with zero attached hydrogens (tertiary/aromatic N) is 2. The highest BCUT2D eigenvalue weighted by Gasteiger charge is 2.23. The summed E-state index contributed by atoms with van der Waals surface area (Å²) in [6, 6.07) is 0.459. The van der Waals surface area contributed by atoms with Crippen molar-refractivity contribution in [3.8, 4) is 0 Å². The molecule has 0 radical (unpaired) electrons. The first-order valence-electron chi connectivity index (χ1n) is 4.63. The van der Waals surface area contributed by atoms with Gasteiger partial charge in [0.1, 0.15) is 0 Å². The molecule has 0 saturated carbocycles. The summed E-state index contributed by atoms with van der Waals surface area (Å²) in [6.45, 7) is 3.11. The molecule has 1 fully saturated rings. The Labute approximate surface area is 97.7 Å². The average molecular weight is 249 g/mol. The number of anilines is 1. The van der Waals surface area contributed by atoms with Crippen molar-refractivity contribution in [3.05, 3.63) is 11.1 Å². The van der Waals surface area contributed by atoms with E-state index >= 15 is 0 Å². The minimum Gasteiger partial charge on any atom is -0.342 e. The standard InChI is InChI=1S/C9H13ClN2S2/c1-7-5-14-9(11-7)12-2-3-13-6-8(12)4-10/h5,8H,2-4,6H2,1H3. The van der Waals surface area contributed by atoms with Gasteiger partial charge in [-0.15, -0.1) is 22.9 Å². The van der Waals surface area contributed by atoms with Crippen molar-refractivity contribution in [1.82, 2.24) is 4.98 Å². The molecule has 78 valence electrons. The third-order valence-corrected chi connectivity index (χ3v) is 4.70. The molecular formula is C9H13ClN2S2. The van der Waals surface area contributed by atoms with Crippen molar-refractivity contribution in [1.29, 1.82) is 0 Å². The highest BCUT2D eigenvalue weighted by atomic mass is 35.5. The Morgan fingerprint density at radius 3 is 3.21 bits per heavy atom. The zero-order valence-corrected chi connectivity index (χ0v) is 10.5. The van der Waals surface area contributed by atoms with Gasteiger partial charge in [-0.25, -0.2) is 4.98 Å². The number of thiazole rings is 1. The average Bonchev–Trinajstić information content (AvgIpc) is 2.65. The van der Waals surface area contributed by atoms with Crippen LogP contribution in [0.5, 0.6) is 0 Å². The van der Waals surface area contributed by atoms with Crippen LogP contribution in [0.15, 0.2) is 5.38 Å². The first kappa shape index (κ1) is 10.6. The summed E-state index contributed by atoms with van der Waals surface area (Å²) in [6.07, 6.45) is 0. The maximum atomic E-state index is 5.95. The van der Waals surface area contributed by atoms with Crippen LogP contribution in [0.1, 0.15) is 5.69 Å². The molecule has 14 heavy (non-hydrogen) atoms. The second-order valence-corrected chi connectivity index (χ2v) is 5.64. The van der Waals surface area contributed by atoms with E-state index in [-0.39, 0.29) is 0 Å². The van der Waals surface area contributed by atoms with Gasteiger partial charge in [-0.05, 0) is 6.92 Å². The largest absolute Gasteiger partial charge is 0.342 e. The fourth-order valence-corrected chi connectivity index (χ4v) is 3.88. The van der Waals surface area contributed by atoms with Crippen LogP contribution in [-0.2, 0) is 0 Å². The van der Waals surface area contributed by atoms with E-state index in [1.54, 1.807) is 11.3 Å². The van der Waals surface area contributed by atoms with E-state index in [4.69, 9.17) is 11.6 Å². The Bertz CT molecular complexity index is 303. The Kier molecular flexibility index (Phi) is 3.57. The third-order valence-electron chi connectivity index (χ3n) is 2.26. The molecular weight excluding hydrogens is 236 g/mol. The lowest BCUT2D eigenvalue weighted by molar-refractivity contribution is 0.702. The van der Waals surface area contributed by atoms with Crippen molar-refractivity contribution in [2.75, 3.05) is 28.8 Å². The molecule has 1 aliphatic heterocycles. The van der Waals surface area contributed by atoms with Crippen LogP contribution in [0.2, 0.25) is 0 Å². The van der Waals surface area contributed by atoms with E-state index in [9.17, 15) is 0 Å². The first-order valence-corrected chi connectivity index (χ1v) is 7.20. The van der Waals surface area contributed by atoms with Crippen LogP contribution in [0, 0.1) is 6.92 Å². The second-order valence-electron chi connectivity index (χ2n) is 3.35. The predicted octanol–water partition coefficient (Wildman–Crippen LogP) is 2.61. The second kappa shape index (κ2) is 4.73. The van der Waals surface area contributed by atoms with Gasteiger partial charge in [-0.2, -0.15) is 11.8 Å². The molecule has 0 spiro atoms. The lowest BCUT2D eigenvalue weighted by atomic mass is 10.3. The smallest absolute Gasteiger partial charge is 0.185 e. The van der Waals surface area contributed by atoms with Gasteiger partial charge in [0.25, 0.3) is 0 Å². The van der Waals surface area contributed by atoms with E-state index < -0.39 is 0 Å². The summed E-state index contributed by atoms with van der Waals surface area (Å²) < 4.78 is 0. The monoisotopic (exact) mass is 248 g/mol. The summed E-state index contributed by atoms with van der Waals surface area (Å²) in [5.74, 6) is 3.01. The summed E-state index contributed by atoms with van der Waals surface area (Å²) in [5, 5.41) is 3.23. The third kappa shape index (κ3) is 2.18. The molecule has 1 unspecified atom stereocenters. The highest BCUT2D eigenvalue weighted by molar-refractivity contribution is 7.99. The molecule has 2 heterocycles. The minimum atomic E-state index is 0.459. The van der Waals surface area contributed by atoms with Gasteiger partial charge >= 0.3 is 0 Å². The Hall–Kier alpha value is 0.0700. The van der Waals surface area contributed by atoms with Crippen molar-refractivity contribution in [2.24, 2.45) is 0 Å².